The predicted octanol–water partition coefficient (Wildman–Crippen LogP) is 2.32. The van der Waals surface area contributed by atoms with Crippen LogP contribution in [-0.4, -0.2) is 44.0 Å². The molecule has 1 aromatic rings. The molecule has 1 N–H and O–H groups in total. The van der Waals surface area contributed by atoms with Crippen LogP contribution >= 0.6 is 0 Å². The second-order valence-electron chi connectivity index (χ2n) is 7.34. The lowest BCUT2D eigenvalue weighted by Gasteiger charge is -2.48. The molecule has 1 heterocycles. The van der Waals surface area contributed by atoms with Crippen LogP contribution in [0.25, 0.3) is 0 Å². The number of ether oxygens (including phenoxy) is 3. The Bertz CT molecular complexity index is 601. The van der Waals surface area contributed by atoms with Gasteiger partial charge < -0.3 is 19.5 Å². The Hall–Kier alpha value is -1.59. The molecule has 0 unspecified atom stereocenters. The van der Waals surface area contributed by atoms with Crippen LogP contribution in [0.5, 0.6) is 5.75 Å². The van der Waals surface area contributed by atoms with E-state index in [9.17, 15) is 4.79 Å². The Balaban J connectivity index is 1.64. The molecule has 1 amide bonds. The standard InChI is InChI=1S/C19H27NO4/c1-12-6-5-7-13(10-12)24-19(2,3)18(21)20-16-14-8-9-23-17(14)15(16)11-22-4/h5-7,10,14-17H,8-9,11H2,1-4H3,(H,20,21)/t14-,15-,16-,17-/m0/s1. The lowest BCUT2D eigenvalue weighted by atomic mass is 9.67. The molecule has 132 valence electrons. The van der Waals surface area contributed by atoms with Crippen LogP contribution in [0.2, 0.25) is 0 Å². The van der Waals surface area contributed by atoms with Crippen molar-refractivity contribution >= 4 is 5.91 Å². The van der Waals surface area contributed by atoms with Crippen molar-refractivity contribution in [2.75, 3.05) is 20.3 Å². The van der Waals surface area contributed by atoms with Crippen molar-refractivity contribution in [2.24, 2.45) is 11.8 Å². The fourth-order valence-electron chi connectivity index (χ4n) is 3.78. The van der Waals surface area contributed by atoms with Gasteiger partial charge in [0, 0.05) is 31.6 Å². The van der Waals surface area contributed by atoms with Gasteiger partial charge in [0.1, 0.15) is 5.75 Å². The van der Waals surface area contributed by atoms with Crippen molar-refractivity contribution in [1.29, 1.82) is 0 Å². The van der Waals surface area contributed by atoms with Crippen LogP contribution in [0.1, 0.15) is 25.8 Å². The van der Waals surface area contributed by atoms with Gasteiger partial charge in [0.2, 0.25) is 0 Å². The summed E-state index contributed by atoms with van der Waals surface area (Å²) in [5, 5.41) is 3.17. The molecule has 2 fully saturated rings. The van der Waals surface area contributed by atoms with Crippen molar-refractivity contribution in [3.63, 3.8) is 0 Å². The van der Waals surface area contributed by atoms with Gasteiger partial charge in [-0.15, -0.1) is 0 Å². The van der Waals surface area contributed by atoms with Crippen LogP contribution < -0.4 is 10.1 Å². The van der Waals surface area contributed by atoms with Crippen LogP contribution in [0.15, 0.2) is 24.3 Å². The number of hydrogen-bond donors (Lipinski definition) is 1. The number of carbonyl (C=O) groups is 1. The van der Waals surface area contributed by atoms with E-state index in [1.807, 2.05) is 31.2 Å². The van der Waals surface area contributed by atoms with E-state index in [0.29, 0.717) is 18.3 Å². The summed E-state index contributed by atoms with van der Waals surface area (Å²) in [5.41, 5.74) is 0.171. The smallest absolute Gasteiger partial charge is 0.263 e. The Morgan fingerprint density at radius 1 is 1.42 bits per heavy atom. The normalized spacial score (nSPS) is 28.8. The Morgan fingerprint density at radius 2 is 2.21 bits per heavy atom. The third-order valence-electron chi connectivity index (χ3n) is 5.09. The highest BCUT2D eigenvalue weighted by molar-refractivity contribution is 5.85. The van der Waals surface area contributed by atoms with E-state index in [2.05, 4.69) is 5.32 Å². The third-order valence-corrected chi connectivity index (χ3v) is 5.09. The fraction of sp³-hybridized carbons (Fsp3) is 0.632. The van der Waals surface area contributed by atoms with E-state index in [4.69, 9.17) is 14.2 Å². The first-order chi connectivity index (χ1) is 11.4. The first kappa shape index (κ1) is 17.2. The molecule has 1 aliphatic carbocycles. The van der Waals surface area contributed by atoms with E-state index in [0.717, 1.165) is 18.6 Å². The molecule has 1 aliphatic heterocycles. The minimum absolute atomic E-state index is 0.0968. The zero-order chi connectivity index (χ0) is 17.3. The molecule has 5 nitrogen and oxygen atoms in total. The van der Waals surface area contributed by atoms with E-state index in [1.54, 1.807) is 21.0 Å². The zero-order valence-corrected chi connectivity index (χ0v) is 14.9. The summed E-state index contributed by atoms with van der Waals surface area (Å²) in [4.78, 5) is 12.8. The number of hydrogen-bond acceptors (Lipinski definition) is 4. The van der Waals surface area contributed by atoms with Crippen LogP contribution in [0.3, 0.4) is 0 Å². The summed E-state index contributed by atoms with van der Waals surface area (Å²) < 4.78 is 17.0. The first-order valence-corrected chi connectivity index (χ1v) is 8.59. The number of nitrogens with one attached hydrogen (secondary N) is 1. The molecule has 0 spiro atoms. The molecule has 0 bridgehead atoms. The van der Waals surface area contributed by atoms with Gasteiger partial charge in [-0.3, -0.25) is 4.79 Å². The monoisotopic (exact) mass is 333 g/mol. The van der Waals surface area contributed by atoms with Gasteiger partial charge in [0.25, 0.3) is 5.91 Å². The van der Waals surface area contributed by atoms with Gasteiger partial charge in [0.15, 0.2) is 5.60 Å². The summed E-state index contributed by atoms with van der Waals surface area (Å²) >= 11 is 0. The number of amides is 1. The maximum Gasteiger partial charge on any atom is 0.263 e. The highest BCUT2D eigenvalue weighted by Gasteiger charge is 2.55. The van der Waals surface area contributed by atoms with Crippen molar-refractivity contribution in [1.82, 2.24) is 5.32 Å². The molecule has 1 saturated carbocycles. The molecular formula is C19H27NO4. The molecular weight excluding hydrogens is 306 g/mol. The topological polar surface area (TPSA) is 56.8 Å². The largest absolute Gasteiger partial charge is 0.478 e. The zero-order valence-electron chi connectivity index (χ0n) is 14.9. The highest BCUT2D eigenvalue weighted by atomic mass is 16.5. The summed E-state index contributed by atoms with van der Waals surface area (Å²) in [6.07, 6.45) is 1.21. The van der Waals surface area contributed by atoms with Gasteiger partial charge in [-0.05, 0) is 44.9 Å². The quantitative estimate of drug-likeness (QED) is 0.868. The second-order valence-corrected chi connectivity index (χ2v) is 7.34. The van der Waals surface area contributed by atoms with Crippen LogP contribution in [-0.2, 0) is 14.3 Å². The predicted molar refractivity (Wildman–Crippen MR) is 91.0 cm³/mol. The molecule has 0 aromatic heterocycles. The summed E-state index contributed by atoms with van der Waals surface area (Å²) in [5.74, 6) is 1.23. The SMILES string of the molecule is COC[C@H]1[C@@H](NC(=O)C(C)(C)Oc2cccc(C)c2)[C@@H]2CCO[C@@H]21. The molecule has 1 saturated heterocycles. The molecule has 2 aliphatic rings. The minimum atomic E-state index is -0.935. The number of aryl methyl sites for hydroxylation is 1. The van der Waals surface area contributed by atoms with Gasteiger partial charge in [-0.2, -0.15) is 0 Å². The number of methoxy groups -OCH3 is 1. The molecule has 4 atom stereocenters. The van der Waals surface area contributed by atoms with Gasteiger partial charge >= 0.3 is 0 Å². The maximum absolute atomic E-state index is 12.8. The second kappa shape index (κ2) is 6.73. The van der Waals surface area contributed by atoms with E-state index in [-0.39, 0.29) is 24.0 Å². The molecule has 0 radical (unpaired) electrons. The molecule has 5 heteroatoms. The number of fused-ring (bicyclic) bond motifs is 1. The number of rotatable bonds is 6. The minimum Gasteiger partial charge on any atom is -0.478 e. The van der Waals surface area contributed by atoms with Crippen LogP contribution in [0, 0.1) is 18.8 Å². The molecule has 3 rings (SSSR count). The van der Waals surface area contributed by atoms with Crippen molar-refractivity contribution in [3.05, 3.63) is 29.8 Å². The first-order valence-electron chi connectivity index (χ1n) is 8.59. The molecule has 1 aromatic carbocycles. The fourth-order valence-corrected chi connectivity index (χ4v) is 3.78. The average molecular weight is 333 g/mol. The van der Waals surface area contributed by atoms with E-state index < -0.39 is 5.60 Å². The average Bonchev–Trinajstić information content (AvgIpc) is 2.94. The van der Waals surface area contributed by atoms with Crippen LogP contribution in [0.4, 0.5) is 0 Å². The van der Waals surface area contributed by atoms with Crippen molar-refractivity contribution in [2.45, 2.75) is 44.9 Å². The lowest BCUT2D eigenvalue weighted by molar-refractivity contribution is -0.142. The van der Waals surface area contributed by atoms with Gasteiger partial charge in [0.05, 0.1) is 12.7 Å². The summed E-state index contributed by atoms with van der Waals surface area (Å²) in [6, 6.07) is 7.85. The Kier molecular flexibility index (Phi) is 4.83. The third kappa shape index (κ3) is 3.28. The number of carbonyl (C=O) groups excluding carboxylic acids is 1. The van der Waals surface area contributed by atoms with Gasteiger partial charge in [-0.1, -0.05) is 12.1 Å². The highest BCUT2D eigenvalue weighted by Crippen LogP contribution is 2.44. The Morgan fingerprint density at radius 3 is 2.92 bits per heavy atom. The maximum atomic E-state index is 12.8. The number of benzene rings is 1. The van der Waals surface area contributed by atoms with Crippen molar-refractivity contribution < 1.29 is 19.0 Å². The van der Waals surface area contributed by atoms with E-state index >= 15 is 0 Å². The lowest BCUT2D eigenvalue weighted by Crippen LogP contribution is -2.65. The van der Waals surface area contributed by atoms with E-state index in [1.165, 1.54) is 0 Å². The van der Waals surface area contributed by atoms with Gasteiger partial charge in [-0.25, -0.2) is 0 Å². The summed E-state index contributed by atoms with van der Waals surface area (Å²) in [7, 11) is 1.69. The summed E-state index contributed by atoms with van der Waals surface area (Å²) in [6.45, 7) is 6.98. The van der Waals surface area contributed by atoms with Crippen molar-refractivity contribution in [3.8, 4) is 5.75 Å². The Labute approximate surface area is 143 Å². The molecule has 24 heavy (non-hydrogen) atoms.